The maximum Gasteiger partial charge on any atom is 0.387 e. The van der Waals surface area contributed by atoms with Gasteiger partial charge >= 0.3 is 6.61 Å². The van der Waals surface area contributed by atoms with E-state index in [4.69, 9.17) is 4.42 Å². The number of halogens is 2. The monoisotopic (exact) mass is 369 g/mol. The van der Waals surface area contributed by atoms with Crippen LogP contribution >= 0.6 is 11.8 Å². The Morgan fingerprint density at radius 3 is 2.64 bits per heavy atom. The molecule has 1 aliphatic rings. The fourth-order valence-corrected chi connectivity index (χ4v) is 2.49. The lowest BCUT2D eigenvalue weighted by atomic mass is 10.2. The average molecular weight is 369 g/mol. The molecular formula is C15H13F2N3O4S. The number of benzene rings is 1. The van der Waals surface area contributed by atoms with Gasteiger partial charge in [-0.3, -0.25) is 14.9 Å². The van der Waals surface area contributed by atoms with E-state index in [0.29, 0.717) is 11.8 Å². The third-order valence-electron chi connectivity index (χ3n) is 3.27. The molecule has 2 aromatic rings. The van der Waals surface area contributed by atoms with E-state index in [1.807, 2.05) is 0 Å². The Labute approximate surface area is 145 Å². The standard InChI is InChI=1S/C15H13F2N3O4S/c16-14(17)23-10-5-3-8(4-6-10)12(22)18-11(21)7-25-15-20-19-13(24-15)9-1-2-9/h3-6,9,14H,1-2,7H2,(H,18,21,22). The minimum atomic E-state index is -2.94. The van der Waals surface area contributed by atoms with Gasteiger partial charge < -0.3 is 9.15 Å². The third-order valence-corrected chi connectivity index (χ3v) is 4.09. The number of nitrogens with zero attached hydrogens (tertiary/aromatic N) is 2. The van der Waals surface area contributed by atoms with Gasteiger partial charge in [0, 0.05) is 11.5 Å². The van der Waals surface area contributed by atoms with Crippen LogP contribution in [-0.2, 0) is 4.79 Å². The summed E-state index contributed by atoms with van der Waals surface area (Å²) in [7, 11) is 0. The van der Waals surface area contributed by atoms with Crippen molar-refractivity contribution >= 4 is 23.6 Å². The molecule has 25 heavy (non-hydrogen) atoms. The average Bonchev–Trinajstić information content (AvgIpc) is 3.31. The smallest absolute Gasteiger partial charge is 0.387 e. The Morgan fingerprint density at radius 1 is 1.28 bits per heavy atom. The van der Waals surface area contributed by atoms with Crippen LogP contribution in [0.1, 0.15) is 35.0 Å². The predicted molar refractivity (Wildman–Crippen MR) is 82.5 cm³/mol. The van der Waals surface area contributed by atoms with Crippen LogP contribution in [0.5, 0.6) is 5.75 Å². The van der Waals surface area contributed by atoms with E-state index in [1.165, 1.54) is 24.3 Å². The van der Waals surface area contributed by atoms with Crippen molar-refractivity contribution in [3.05, 3.63) is 35.7 Å². The summed E-state index contributed by atoms with van der Waals surface area (Å²) < 4.78 is 33.7. The number of ether oxygens (including phenoxy) is 1. The Bertz CT molecular complexity index is 762. The highest BCUT2D eigenvalue weighted by atomic mass is 32.2. The maximum absolute atomic E-state index is 12.1. The largest absolute Gasteiger partial charge is 0.435 e. The minimum Gasteiger partial charge on any atom is -0.435 e. The number of alkyl halides is 2. The third kappa shape index (κ3) is 4.99. The molecule has 132 valence electrons. The molecule has 1 fully saturated rings. The Kier molecular flexibility index (Phi) is 5.27. The van der Waals surface area contributed by atoms with Crippen LogP contribution < -0.4 is 10.1 Å². The first-order valence-electron chi connectivity index (χ1n) is 7.36. The molecule has 1 N–H and O–H groups in total. The van der Waals surface area contributed by atoms with Crippen LogP contribution in [0.2, 0.25) is 0 Å². The van der Waals surface area contributed by atoms with Crippen LogP contribution in [-0.4, -0.2) is 34.4 Å². The number of imide groups is 1. The molecule has 1 saturated carbocycles. The van der Waals surface area contributed by atoms with Crippen molar-refractivity contribution in [3.63, 3.8) is 0 Å². The van der Waals surface area contributed by atoms with E-state index in [-0.39, 0.29) is 22.3 Å². The fourth-order valence-electron chi connectivity index (χ4n) is 1.92. The van der Waals surface area contributed by atoms with Gasteiger partial charge in [-0.1, -0.05) is 11.8 Å². The van der Waals surface area contributed by atoms with Crippen LogP contribution in [0.3, 0.4) is 0 Å². The normalized spacial score (nSPS) is 13.7. The number of aromatic nitrogens is 2. The molecule has 0 bridgehead atoms. The first kappa shape index (κ1) is 17.3. The van der Waals surface area contributed by atoms with Crippen molar-refractivity contribution in [3.8, 4) is 5.75 Å². The molecule has 0 aliphatic heterocycles. The molecule has 1 aromatic heterocycles. The molecule has 1 aliphatic carbocycles. The number of nitrogens with one attached hydrogen (secondary N) is 1. The lowest BCUT2D eigenvalue weighted by Crippen LogP contribution is -2.31. The first-order chi connectivity index (χ1) is 12.0. The zero-order valence-electron chi connectivity index (χ0n) is 12.8. The van der Waals surface area contributed by atoms with E-state index in [2.05, 4.69) is 20.3 Å². The summed E-state index contributed by atoms with van der Waals surface area (Å²) in [6.07, 6.45) is 2.06. The van der Waals surface area contributed by atoms with Gasteiger partial charge in [0.05, 0.1) is 5.75 Å². The van der Waals surface area contributed by atoms with Crippen LogP contribution in [0.15, 0.2) is 33.9 Å². The molecule has 3 rings (SSSR count). The van der Waals surface area contributed by atoms with E-state index in [9.17, 15) is 18.4 Å². The van der Waals surface area contributed by atoms with Crippen molar-refractivity contribution in [2.75, 3.05) is 5.75 Å². The molecule has 0 atom stereocenters. The van der Waals surface area contributed by atoms with Gasteiger partial charge in [-0.2, -0.15) is 8.78 Å². The molecule has 2 amide bonds. The van der Waals surface area contributed by atoms with E-state index in [0.717, 1.165) is 24.6 Å². The summed E-state index contributed by atoms with van der Waals surface area (Å²) in [6.45, 7) is -2.94. The number of thioether (sulfide) groups is 1. The number of rotatable bonds is 7. The van der Waals surface area contributed by atoms with Gasteiger partial charge in [0.25, 0.3) is 11.1 Å². The minimum absolute atomic E-state index is 0.0649. The van der Waals surface area contributed by atoms with Gasteiger partial charge in [-0.25, -0.2) is 0 Å². The topological polar surface area (TPSA) is 94.3 Å². The molecule has 1 aromatic carbocycles. The van der Waals surface area contributed by atoms with Crippen molar-refractivity contribution in [2.24, 2.45) is 0 Å². The number of carbonyl (C=O) groups excluding carboxylic acids is 2. The lowest BCUT2D eigenvalue weighted by molar-refractivity contribution is -0.117. The van der Waals surface area contributed by atoms with Crippen molar-refractivity contribution < 1.29 is 27.5 Å². The molecule has 7 nitrogen and oxygen atoms in total. The summed E-state index contributed by atoms with van der Waals surface area (Å²) >= 11 is 1.03. The highest BCUT2D eigenvalue weighted by Crippen LogP contribution is 2.39. The molecule has 0 saturated heterocycles. The van der Waals surface area contributed by atoms with Crippen LogP contribution in [0, 0.1) is 0 Å². The SMILES string of the molecule is O=C(CSc1nnc(C2CC2)o1)NC(=O)c1ccc(OC(F)F)cc1. The summed E-state index contributed by atoms with van der Waals surface area (Å²) in [5, 5.41) is 10.2. The van der Waals surface area contributed by atoms with Gasteiger partial charge in [-0.15, -0.1) is 10.2 Å². The van der Waals surface area contributed by atoms with Gasteiger partial charge in [0.15, 0.2) is 0 Å². The summed E-state index contributed by atoms with van der Waals surface area (Å²) in [4.78, 5) is 23.7. The van der Waals surface area contributed by atoms with E-state index < -0.39 is 18.4 Å². The maximum atomic E-state index is 12.1. The Balaban J connectivity index is 1.47. The van der Waals surface area contributed by atoms with Crippen LogP contribution in [0.25, 0.3) is 0 Å². The van der Waals surface area contributed by atoms with E-state index in [1.54, 1.807) is 0 Å². The van der Waals surface area contributed by atoms with Gasteiger partial charge in [-0.05, 0) is 37.1 Å². The second-order valence-electron chi connectivity index (χ2n) is 5.25. The second-order valence-corrected chi connectivity index (χ2v) is 6.18. The Hall–Kier alpha value is -2.49. The highest BCUT2D eigenvalue weighted by Gasteiger charge is 2.29. The molecular weight excluding hydrogens is 356 g/mol. The molecule has 1 heterocycles. The lowest BCUT2D eigenvalue weighted by Gasteiger charge is -2.06. The second kappa shape index (κ2) is 7.60. The quantitative estimate of drug-likeness (QED) is 0.750. The first-order valence-corrected chi connectivity index (χ1v) is 8.35. The molecule has 0 radical (unpaired) electrons. The summed E-state index contributed by atoms with van der Waals surface area (Å²) in [5.41, 5.74) is 0.147. The molecule has 0 unspecified atom stereocenters. The Morgan fingerprint density at radius 2 is 2.00 bits per heavy atom. The predicted octanol–water partition coefficient (Wildman–Crippen LogP) is 2.60. The summed E-state index contributed by atoms with van der Waals surface area (Å²) in [5.74, 6) is -0.409. The zero-order valence-corrected chi connectivity index (χ0v) is 13.6. The van der Waals surface area contributed by atoms with Crippen molar-refractivity contribution in [1.29, 1.82) is 0 Å². The zero-order chi connectivity index (χ0) is 17.8. The van der Waals surface area contributed by atoms with Crippen LogP contribution in [0.4, 0.5) is 8.78 Å². The molecule has 10 heteroatoms. The van der Waals surface area contributed by atoms with Crippen molar-refractivity contribution in [2.45, 2.75) is 30.6 Å². The van der Waals surface area contributed by atoms with Crippen molar-refractivity contribution in [1.82, 2.24) is 15.5 Å². The highest BCUT2D eigenvalue weighted by molar-refractivity contribution is 7.99. The van der Waals surface area contributed by atoms with Gasteiger partial charge in [0.1, 0.15) is 5.75 Å². The fraction of sp³-hybridized carbons (Fsp3) is 0.333. The summed E-state index contributed by atoms with van der Waals surface area (Å²) in [6, 6.07) is 5.01. The number of hydrogen-bond donors (Lipinski definition) is 1. The molecule has 0 spiro atoms. The van der Waals surface area contributed by atoms with Gasteiger partial charge in [0.2, 0.25) is 11.8 Å². The number of hydrogen-bond acceptors (Lipinski definition) is 7. The number of amides is 2. The van der Waals surface area contributed by atoms with E-state index >= 15 is 0 Å². The number of carbonyl (C=O) groups is 2.